The van der Waals surface area contributed by atoms with E-state index in [1.165, 1.54) is 14.2 Å². The molecule has 14 heavy (non-hydrogen) atoms. The van der Waals surface area contributed by atoms with Crippen LogP contribution >= 0.6 is 7.60 Å². The molecule has 0 aliphatic rings. The third-order valence-corrected chi connectivity index (χ3v) is 2.13. The largest absolute Gasteiger partial charge is 0.384 e. The van der Waals surface area contributed by atoms with Gasteiger partial charge in [-0.05, 0) is 0 Å². The van der Waals surface area contributed by atoms with Crippen LogP contribution in [0, 0.1) is 5.92 Å². The lowest BCUT2D eigenvalue weighted by atomic mass is 10.1. The maximum absolute atomic E-state index is 11.2. The Morgan fingerprint density at radius 1 is 1.57 bits per heavy atom. The van der Waals surface area contributed by atoms with Crippen LogP contribution in [0.1, 0.15) is 0 Å². The Kier molecular flexibility index (Phi) is 5.95. The maximum Gasteiger partial charge on any atom is 0.325 e. The highest BCUT2D eigenvalue weighted by atomic mass is 31.2. The second kappa shape index (κ2) is 6.14. The van der Waals surface area contributed by atoms with E-state index in [-0.39, 0.29) is 19.1 Å². The second-order valence-corrected chi connectivity index (χ2v) is 4.73. The summed E-state index contributed by atoms with van der Waals surface area (Å²) in [5.41, 5.74) is 0. The number of hydrogen-bond acceptors (Lipinski definition) is 4. The molecule has 0 heterocycles. The first-order valence-corrected chi connectivity index (χ1v) is 6.08. The zero-order valence-corrected chi connectivity index (χ0v) is 9.41. The van der Waals surface area contributed by atoms with E-state index in [2.05, 4.69) is 9.84 Å². The Morgan fingerprint density at radius 2 is 2.14 bits per heavy atom. The first kappa shape index (κ1) is 13.6. The van der Waals surface area contributed by atoms with E-state index >= 15 is 0 Å². The van der Waals surface area contributed by atoms with Crippen molar-refractivity contribution in [3.05, 3.63) is 0 Å². The number of ether oxygens (including phenoxy) is 1. The van der Waals surface area contributed by atoms with Crippen LogP contribution in [0.2, 0.25) is 0 Å². The number of carbonyl (C=O) groups is 1. The average molecular weight is 225 g/mol. The molecule has 6 nitrogen and oxygen atoms in total. The van der Waals surface area contributed by atoms with Crippen molar-refractivity contribution in [2.24, 2.45) is 5.92 Å². The van der Waals surface area contributed by atoms with Gasteiger partial charge in [-0.15, -0.1) is 0 Å². The Morgan fingerprint density at radius 3 is 2.50 bits per heavy atom. The predicted molar refractivity (Wildman–Crippen MR) is 51.1 cm³/mol. The van der Waals surface area contributed by atoms with Crippen LogP contribution in [0.25, 0.3) is 0 Å². The standard InChI is InChI=1S/C7H16NO5P/c1-8-7(9)6(4-12-2)5-13-14(3,10)11/h6H,4-5H2,1-3H3,(H,8,9)(H,10,11)/t6-/m0/s1. The molecule has 0 spiro atoms. The third kappa shape index (κ3) is 6.10. The minimum absolute atomic E-state index is 0.127. The van der Waals surface area contributed by atoms with Crippen molar-refractivity contribution in [1.82, 2.24) is 5.32 Å². The van der Waals surface area contributed by atoms with Gasteiger partial charge >= 0.3 is 7.60 Å². The van der Waals surface area contributed by atoms with Gasteiger partial charge in [-0.1, -0.05) is 0 Å². The smallest absolute Gasteiger partial charge is 0.325 e. The van der Waals surface area contributed by atoms with Crippen molar-refractivity contribution in [1.29, 1.82) is 0 Å². The van der Waals surface area contributed by atoms with Gasteiger partial charge in [-0.2, -0.15) is 0 Å². The Labute approximate surface area is 83.1 Å². The summed E-state index contributed by atoms with van der Waals surface area (Å²) in [6.07, 6.45) is 0. The highest BCUT2D eigenvalue weighted by molar-refractivity contribution is 7.51. The highest BCUT2D eigenvalue weighted by Gasteiger charge is 2.21. The lowest BCUT2D eigenvalue weighted by Crippen LogP contribution is -2.33. The van der Waals surface area contributed by atoms with Crippen molar-refractivity contribution in [3.63, 3.8) is 0 Å². The molecule has 0 aromatic rings. The van der Waals surface area contributed by atoms with Gasteiger partial charge in [-0.25, -0.2) is 0 Å². The van der Waals surface area contributed by atoms with Gasteiger partial charge < -0.3 is 19.5 Å². The van der Waals surface area contributed by atoms with Crippen LogP contribution in [0.4, 0.5) is 0 Å². The van der Waals surface area contributed by atoms with E-state index < -0.39 is 13.5 Å². The van der Waals surface area contributed by atoms with Crippen molar-refractivity contribution >= 4 is 13.5 Å². The van der Waals surface area contributed by atoms with Crippen molar-refractivity contribution < 1.29 is 23.5 Å². The van der Waals surface area contributed by atoms with Gasteiger partial charge in [0.05, 0.1) is 19.1 Å². The van der Waals surface area contributed by atoms with Gasteiger partial charge in [0.2, 0.25) is 5.91 Å². The van der Waals surface area contributed by atoms with Crippen molar-refractivity contribution in [2.45, 2.75) is 0 Å². The number of hydrogen-bond donors (Lipinski definition) is 2. The summed E-state index contributed by atoms with van der Waals surface area (Å²) in [7, 11) is -0.603. The van der Waals surface area contributed by atoms with E-state index in [4.69, 9.17) is 9.63 Å². The molecule has 2 N–H and O–H groups in total. The number of methoxy groups -OCH3 is 1. The van der Waals surface area contributed by atoms with Crippen LogP contribution in [0.5, 0.6) is 0 Å². The minimum Gasteiger partial charge on any atom is -0.384 e. The highest BCUT2D eigenvalue weighted by Crippen LogP contribution is 2.36. The summed E-state index contributed by atoms with van der Waals surface area (Å²) in [5.74, 6) is -0.842. The summed E-state index contributed by atoms with van der Waals surface area (Å²) in [6.45, 7) is 1.10. The molecule has 84 valence electrons. The topological polar surface area (TPSA) is 84.9 Å². The zero-order valence-electron chi connectivity index (χ0n) is 8.52. The van der Waals surface area contributed by atoms with E-state index in [1.54, 1.807) is 0 Å². The molecule has 0 radical (unpaired) electrons. The zero-order chi connectivity index (χ0) is 11.2. The third-order valence-electron chi connectivity index (χ3n) is 1.50. The number of carbonyl (C=O) groups excluding carboxylic acids is 1. The lowest BCUT2D eigenvalue weighted by Gasteiger charge is -2.15. The van der Waals surface area contributed by atoms with Crippen molar-refractivity contribution in [3.8, 4) is 0 Å². The summed E-state index contributed by atoms with van der Waals surface area (Å²) in [4.78, 5) is 20.0. The van der Waals surface area contributed by atoms with Gasteiger partial charge in [0.1, 0.15) is 0 Å². The van der Waals surface area contributed by atoms with E-state index in [0.29, 0.717) is 0 Å². The molecular formula is C7H16NO5P. The van der Waals surface area contributed by atoms with Gasteiger partial charge in [0.15, 0.2) is 0 Å². The van der Waals surface area contributed by atoms with Crippen LogP contribution < -0.4 is 5.32 Å². The maximum atomic E-state index is 11.2. The monoisotopic (exact) mass is 225 g/mol. The number of rotatable bonds is 6. The summed E-state index contributed by atoms with van der Waals surface area (Å²) >= 11 is 0. The normalized spacial score (nSPS) is 17.1. The summed E-state index contributed by atoms with van der Waals surface area (Å²) in [5, 5.41) is 2.42. The molecule has 0 saturated heterocycles. The number of amides is 1. The van der Waals surface area contributed by atoms with E-state index in [0.717, 1.165) is 6.66 Å². The molecule has 0 fully saturated rings. The van der Waals surface area contributed by atoms with Crippen LogP contribution in [0.15, 0.2) is 0 Å². The summed E-state index contributed by atoms with van der Waals surface area (Å²) < 4.78 is 20.2. The quantitative estimate of drug-likeness (QED) is 0.613. The SMILES string of the molecule is CNC(=O)[C@@H](COC)CO[P@](C)(=O)O. The van der Waals surface area contributed by atoms with Crippen LogP contribution in [0.3, 0.4) is 0 Å². The fourth-order valence-corrected chi connectivity index (χ4v) is 1.29. The molecule has 0 saturated carbocycles. The molecule has 0 aliphatic heterocycles. The minimum atomic E-state index is -3.53. The molecule has 0 aromatic heterocycles. The molecular weight excluding hydrogens is 209 g/mol. The van der Waals surface area contributed by atoms with E-state index in [9.17, 15) is 9.36 Å². The predicted octanol–water partition coefficient (Wildman–Crippen LogP) is -0.173. The van der Waals surface area contributed by atoms with E-state index in [1.807, 2.05) is 0 Å². The second-order valence-electron chi connectivity index (χ2n) is 2.87. The molecule has 0 bridgehead atoms. The van der Waals surface area contributed by atoms with Crippen molar-refractivity contribution in [2.75, 3.05) is 34.0 Å². The fourth-order valence-electron chi connectivity index (χ4n) is 0.833. The lowest BCUT2D eigenvalue weighted by molar-refractivity contribution is -0.127. The fraction of sp³-hybridized carbons (Fsp3) is 0.857. The Bertz CT molecular complexity index is 226. The molecule has 2 atom stereocenters. The van der Waals surface area contributed by atoms with Gasteiger partial charge in [-0.3, -0.25) is 9.36 Å². The molecule has 0 unspecified atom stereocenters. The molecule has 0 rings (SSSR count). The molecule has 0 aliphatic carbocycles. The molecule has 0 aromatic carbocycles. The molecule has 1 amide bonds. The first-order chi connectivity index (χ1) is 6.40. The Balaban J connectivity index is 4.10. The van der Waals surface area contributed by atoms with Gasteiger partial charge in [0, 0.05) is 20.8 Å². The first-order valence-electron chi connectivity index (χ1n) is 4.06. The van der Waals surface area contributed by atoms with Crippen LogP contribution in [-0.2, 0) is 18.6 Å². The summed E-state index contributed by atoms with van der Waals surface area (Å²) in [6, 6.07) is 0. The van der Waals surface area contributed by atoms with Gasteiger partial charge in [0.25, 0.3) is 0 Å². The Hall–Kier alpha value is -0.420. The average Bonchev–Trinajstić information content (AvgIpc) is 2.09. The van der Waals surface area contributed by atoms with Crippen LogP contribution in [-0.4, -0.2) is 44.8 Å². The molecule has 7 heteroatoms. The number of nitrogens with one attached hydrogen (secondary N) is 1.